The number of hydrogen-bond acceptors (Lipinski definition) is 3. The summed E-state index contributed by atoms with van der Waals surface area (Å²) in [5.74, 6) is 1.84. The Bertz CT molecular complexity index is 485. The van der Waals surface area contributed by atoms with Gasteiger partial charge in [0.1, 0.15) is 11.6 Å². The SMILES string of the molecule is COc1ccc(Cl)cc1CNCCc1ncc[nH]1. The van der Waals surface area contributed by atoms with Crippen LogP contribution in [0.4, 0.5) is 0 Å². The van der Waals surface area contributed by atoms with Gasteiger partial charge < -0.3 is 15.0 Å². The van der Waals surface area contributed by atoms with Crippen molar-refractivity contribution in [3.63, 3.8) is 0 Å². The molecule has 96 valence electrons. The van der Waals surface area contributed by atoms with Crippen molar-refractivity contribution in [3.8, 4) is 5.75 Å². The maximum Gasteiger partial charge on any atom is 0.123 e. The van der Waals surface area contributed by atoms with Crippen LogP contribution in [-0.2, 0) is 13.0 Å². The van der Waals surface area contributed by atoms with Crippen molar-refractivity contribution < 1.29 is 4.74 Å². The summed E-state index contributed by atoms with van der Waals surface area (Å²) in [6.07, 6.45) is 4.46. The number of hydrogen-bond donors (Lipinski definition) is 2. The molecule has 2 N–H and O–H groups in total. The fraction of sp³-hybridized carbons (Fsp3) is 0.308. The topological polar surface area (TPSA) is 49.9 Å². The van der Waals surface area contributed by atoms with Crippen molar-refractivity contribution in [2.24, 2.45) is 0 Å². The molecule has 4 nitrogen and oxygen atoms in total. The highest BCUT2D eigenvalue weighted by molar-refractivity contribution is 6.30. The minimum atomic E-state index is 0.721. The Kier molecular flexibility index (Phi) is 4.61. The molecule has 0 radical (unpaired) electrons. The third-order valence-corrected chi connectivity index (χ3v) is 2.89. The van der Waals surface area contributed by atoms with Crippen LogP contribution in [0, 0.1) is 0 Å². The van der Waals surface area contributed by atoms with Gasteiger partial charge in [-0.25, -0.2) is 4.98 Å². The summed E-state index contributed by atoms with van der Waals surface area (Å²) in [6.45, 7) is 1.58. The van der Waals surface area contributed by atoms with Crippen LogP contribution in [0.25, 0.3) is 0 Å². The number of aromatic nitrogens is 2. The summed E-state index contributed by atoms with van der Waals surface area (Å²) in [7, 11) is 1.66. The molecule has 18 heavy (non-hydrogen) atoms. The molecule has 5 heteroatoms. The second-order valence-corrected chi connectivity index (χ2v) is 4.36. The number of halogens is 1. The molecule has 0 spiro atoms. The monoisotopic (exact) mass is 265 g/mol. The lowest BCUT2D eigenvalue weighted by Gasteiger charge is -2.09. The van der Waals surface area contributed by atoms with Crippen LogP contribution < -0.4 is 10.1 Å². The van der Waals surface area contributed by atoms with E-state index in [9.17, 15) is 0 Å². The first-order valence-electron chi connectivity index (χ1n) is 5.81. The summed E-state index contributed by atoms with van der Waals surface area (Å²) < 4.78 is 5.29. The Morgan fingerprint density at radius 3 is 3.06 bits per heavy atom. The highest BCUT2D eigenvalue weighted by Crippen LogP contribution is 2.22. The summed E-state index contributed by atoms with van der Waals surface area (Å²) >= 11 is 5.97. The smallest absolute Gasteiger partial charge is 0.123 e. The minimum absolute atomic E-state index is 0.721. The van der Waals surface area contributed by atoms with Gasteiger partial charge in [0.25, 0.3) is 0 Å². The van der Waals surface area contributed by atoms with Crippen LogP contribution in [0.3, 0.4) is 0 Å². The van der Waals surface area contributed by atoms with Crippen molar-refractivity contribution >= 4 is 11.6 Å². The summed E-state index contributed by atoms with van der Waals surface area (Å²) in [5, 5.41) is 4.06. The zero-order valence-corrected chi connectivity index (χ0v) is 11.0. The van der Waals surface area contributed by atoms with Crippen LogP contribution in [0.2, 0.25) is 5.02 Å². The maximum atomic E-state index is 5.97. The van der Waals surface area contributed by atoms with Gasteiger partial charge >= 0.3 is 0 Å². The average Bonchev–Trinajstić information content (AvgIpc) is 2.88. The number of ether oxygens (including phenoxy) is 1. The number of nitrogens with zero attached hydrogens (tertiary/aromatic N) is 1. The second-order valence-electron chi connectivity index (χ2n) is 3.92. The van der Waals surface area contributed by atoms with Crippen molar-refractivity contribution in [3.05, 3.63) is 47.0 Å². The molecule has 0 atom stereocenters. The van der Waals surface area contributed by atoms with E-state index in [1.807, 2.05) is 24.4 Å². The van der Waals surface area contributed by atoms with Gasteiger partial charge in [0.05, 0.1) is 7.11 Å². The Labute approximate surface area is 111 Å². The van der Waals surface area contributed by atoms with E-state index in [1.54, 1.807) is 13.3 Å². The predicted molar refractivity (Wildman–Crippen MR) is 72.0 cm³/mol. The Hall–Kier alpha value is -1.52. The zero-order valence-electron chi connectivity index (χ0n) is 10.2. The number of imidazole rings is 1. The van der Waals surface area contributed by atoms with Crippen LogP contribution in [0.15, 0.2) is 30.6 Å². The van der Waals surface area contributed by atoms with E-state index in [0.717, 1.165) is 41.7 Å². The quantitative estimate of drug-likeness (QED) is 0.789. The number of aromatic amines is 1. The Balaban J connectivity index is 1.84. The molecule has 0 aliphatic rings. The van der Waals surface area contributed by atoms with Crippen LogP contribution in [0.5, 0.6) is 5.75 Å². The van der Waals surface area contributed by atoms with Gasteiger partial charge in [-0.05, 0) is 18.2 Å². The maximum absolute atomic E-state index is 5.97. The third-order valence-electron chi connectivity index (χ3n) is 2.65. The highest BCUT2D eigenvalue weighted by atomic mass is 35.5. The lowest BCUT2D eigenvalue weighted by Crippen LogP contribution is -2.17. The Morgan fingerprint density at radius 1 is 1.44 bits per heavy atom. The van der Waals surface area contributed by atoms with Gasteiger partial charge in [-0.15, -0.1) is 0 Å². The molecule has 0 bridgehead atoms. The normalized spacial score (nSPS) is 10.6. The summed E-state index contributed by atoms with van der Waals surface area (Å²) in [6, 6.07) is 5.62. The molecule has 2 aromatic rings. The van der Waals surface area contributed by atoms with Gasteiger partial charge in [0.15, 0.2) is 0 Å². The van der Waals surface area contributed by atoms with E-state index in [2.05, 4.69) is 15.3 Å². The molecule has 0 amide bonds. The fourth-order valence-electron chi connectivity index (χ4n) is 1.75. The largest absolute Gasteiger partial charge is 0.496 e. The van der Waals surface area contributed by atoms with Gasteiger partial charge in [-0.3, -0.25) is 0 Å². The van der Waals surface area contributed by atoms with E-state index in [1.165, 1.54) is 0 Å². The fourth-order valence-corrected chi connectivity index (χ4v) is 1.94. The molecule has 0 aliphatic carbocycles. The molecule has 1 aromatic carbocycles. The summed E-state index contributed by atoms with van der Waals surface area (Å²) in [4.78, 5) is 7.24. The molecule has 0 aliphatic heterocycles. The number of rotatable bonds is 6. The van der Waals surface area contributed by atoms with Gasteiger partial charge in [0.2, 0.25) is 0 Å². The number of benzene rings is 1. The van der Waals surface area contributed by atoms with Crippen LogP contribution in [0.1, 0.15) is 11.4 Å². The lowest BCUT2D eigenvalue weighted by atomic mass is 10.2. The van der Waals surface area contributed by atoms with Gasteiger partial charge in [0, 0.05) is 42.5 Å². The average molecular weight is 266 g/mol. The standard InChI is InChI=1S/C13H16ClN3O/c1-18-12-3-2-11(14)8-10(12)9-15-5-4-13-16-6-7-17-13/h2-3,6-8,15H,4-5,9H2,1H3,(H,16,17). The Morgan fingerprint density at radius 2 is 2.33 bits per heavy atom. The van der Waals surface area contributed by atoms with E-state index < -0.39 is 0 Å². The second kappa shape index (κ2) is 6.42. The molecule has 2 rings (SSSR count). The van der Waals surface area contributed by atoms with Gasteiger partial charge in [-0.2, -0.15) is 0 Å². The molecular weight excluding hydrogens is 250 g/mol. The van der Waals surface area contributed by atoms with Crippen molar-refractivity contribution in [2.45, 2.75) is 13.0 Å². The van der Waals surface area contributed by atoms with E-state index in [4.69, 9.17) is 16.3 Å². The van der Waals surface area contributed by atoms with Crippen LogP contribution in [-0.4, -0.2) is 23.6 Å². The van der Waals surface area contributed by atoms with Crippen molar-refractivity contribution in [2.75, 3.05) is 13.7 Å². The van der Waals surface area contributed by atoms with Gasteiger partial charge in [-0.1, -0.05) is 11.6 Å². The molecular formula is C13H16ClN3O. The molecule has 1 heterocycles. The number of nitrogens with one attached hydrogen (secondary N) is 2. The third kappa shape index (κ3) is 3.48. The van der Waals surface area contributed by atoms with E-state index in [-0.39, 0.29) is 0 Å². The first-order valence-corrected chi connectivity index (χ1v) is 6.19. The number of H-pyrrole nitrogens is 1. The first-order chi connectivity index (χ1) is 8.79. The molecule has 0 fully saturated rings. The van der Waals surface area contributed by atoms with E-state index >= 15 is 0 Å². The highest BCUT2D eigenvalue weighted by Gasteiger charge is 2.03. The molecule has 0 unspecified atom stereocenters. The first kappa shape index (κ1) is 12.9. The molecule has 1 aromatic heterocycles. The van der Waals surface area contributed by atoms with Crippen LogP contribution >= 0.6 is 11.6 Å². The summed E-state index contributed by atoms with van der Waals surface area (Å²) in [5.41, 5.74) is 1.06. The predicted octanol–water partition coefficient (Wildman–Crippen LogP) is 2.40. The lowest BCUT2D eigenvalue weighted by molar-refractivity contribution is 0.408. The van der Waals surface area contributed by atoms with Crippen molar-refractivity contribution in [1.82, 2.24) is 15.3 Å². The van der Waals surface area contributed by atoms with E-state index in [0.29, 0.717) is 0 Å². The molecule has 0 saturated heterocycles. The van der Waals surface area contributed by atoms with Crippen molar-refractivity contribution in [1.29, 1.82) is 0 Å². The minimum Gasteiger partial charge on any atom is -0.496 e. The number of methoxy groups -OCH3 is 1. The zero-order chi connectivity index (χ0) is 12.8. The molecule has 0 saturated carbocycles.